The Morgan fingerprint density at radius 1 is 1.05 bits per heavy atom. The molecule has 2 nitrogen and oxygen atoms in total. The lowest BCUT2D eigenvalue weighted by molar-refractivity contribution is 0.107. The molecule has 98 valence electrons. The Morgan fingerprint density at radius 2 is 1.68 bits per heavy atom. The molecule has 0 fully saturated rings. The molecule has 0 amide bonds. The zero-order chi connectivity index (χ0) is 13.7. The van der Waals surface area contributed by atoms with Crippen LogP contribution in [0.3, 0.4) is 0 Å². The minimum Gasteiger partial charge on any atom is -0.389 e. The molecule has 0 aliphatic heterocycles. The molecule has 0 radical (unpaired) electrons. The minimum absolute atomic E-state index is 0.400. The van der Waals surface area contributed by atoms with Gasteiger partial charge in [0, 0.05) is 10.6 Å². The molecule has 2 rings (SSSR count). The maximum Gasteiger partial charge on any atom is 0.103 e. The van der Waals surface area contributed by atoms with Crippen LogP contribution in [0.4, 0.5) is 0 Å². The summed E-state index contributed by atoms with van der Waals surface area (Å²) in [4.78, 5) is 0.400. The van der Waals surface area contributed by atoms with Crippen LogP contribution in [0.15, 0.2) is 48.5 Å². The lowest BCUT2D eigenvalue weighted by Gasteiger charge is -2.06. The van der Waals surface area contributed by atoms with Gasteiger partial charge in [-0.1, -0.05) is 54.2 Å². The van der Waals surface area contributed by atoms with Gasteiger partial charge in [-0.05, 0) is 29.3 Å². The van der Waals surface area contributed by atoms with Gasteiger partial charge in [0.1, 0.15) is 4.99 Å². The smallest absolute Gasteiger partial charge is 0.103 e. The highest BCUT2D eigenvalue weighted by atomic mass is 35.5. The van der Waals surface area contributed by atoms with Crippen LogP contribution < -0.4 is 5.73 Å². The van der Waals surface area contributed by atoms with Crippen LogP contribution in [-0.2, 0) is 18.0 Å². The summed E-state index contributed by atoms with van der Waals surface area (Å²) < 4.78 is 5.65. The molecule has 2 aromatic carbocycles. The molecule has 0 atom stereocenters. The van der Waals surface area contributed by atoms with E-state index in [1.165, 1.54) is 0 Å². The van der Waals surface area contributed by atoms with Gasteiger partial charge in [-0.25, -0.2) is 0 Å². The van der Waals surface area contributed by atoms with E-state index in [2.05, 4.69) is 0 Å². The van der Waals surface area contributed by atoms with Gasteiger partial charge < -0.3 is 10.5 Å². The van der Waals surface area contributed by atoms with Gasteiger partial charge in [0.05, 0.1) is 13.2 Å². The van der Waals surface area contributed by atoms with E-state index in [4.69, 9.17) is 34.3 Å². The first kappa shape index (κ1) is 14.0. The molecule has 0 aliphatic rings. The van der Waals surface area contributed by atoms with Crippen molar-refractivity contribution in [2.45, 2.75) is 13.2 Å². The number of benzene rings is 2. The summed E-state index contributed by atoms with van der Waals surface area (Å²) >= 11 is 10.9. The van der Waals surface area contributed by atoms with Crippen LogP contribution in [0.25, 0.3) is 0 Å². The fourth-order valence-corrected chi connectivity index (χ4v) is 2.07. The number of hydrogen-bond donors (Lipinski definition) is 1. The zero-order valence-electron chi connectivity index (χ0n) is 10.3. The first-order valence-electron chi connectivity index (χ1n) is 5.86. The van der Waals surface area contributed by atoms with Crippen molar-refractivity contribution in [3.05, 3.63) is 70.2 Å². The second-order valence-corrected chi connectivity index (χ2v) is 5.06. The Morgan fingerprint density at radius 3 is 2.32 bits per heavy atom. The van der Waals surface area contributed by atoms with Crippen LogP contribution in [-0.4, -0.2) is 4.99 Å². The first-order chi connectivity index (χ1) is 9.15. The van der Waals surface area contributed by atoms with Gasteiger partial charge in [0.15, 0.2) is 0 Å². The zero-order valence-corrected chi connectivity index (χ0v) is 11.9. The van der Waals surface area contributed by atoms with Crippen LogP contribution in [0.2, 0.25) is 5.02 Å². The van der Waals surface area contributed by atoms with Crippen LogP contribution in [0.5, 0.6) is 0 Å². The molecule has 0 saturated carbocycles. The molecule has 2 N–H and O–H groups in total. The van der Waals surface area contributed by atoms with Crippen molar-refractivity contribution in [2.24, 2.45) is 5.73 Å². The lowest BCUT2D eigenvalue weighted by atomic mass is 10.1. The van der Waals surface area contributed by atoms with Crippen molar-refractivity contribution in [1.82, 2.24) is 0 Å². The van der Waals surface area contributed by atoms with Crippen LogP contribution in [0, 0.1) is 0 Å². The molecule has 19 heavy (non-hydrogen) atoms. The minimum atomic E-state index is 0.400. The van der Waals surface area contributed by atoms with Crippen LogP contribution in [0.1, 0.15) is 16.7 Å². The van der Waals surface area contributed by atoms with Crippen LogP contribution >= 0.6 is 23.8 Å². The molecule has 0 aliphatic carbocycles. The molecule has 0 saturated heterocycles. The van der Waals surface area contributed by atoms with Gasteiger partial charge in [0.2, 0.25) is 0 Å². The van der Waals surface area contributed by atoms with E-state index in [0.29, 0.717) is 18.2 Å². The maximum atomic E-state index is 5.91. The number of hydrogen-bond acceptors (Lipinski definition) is 2. The summed E-state index contributed by atoms with van der Waals surface area (Å²) in [5, 5.41) is 0.719. The second-order valence-electron chi connectivity index (χ2n) is 4.19. The summed E-state index contributed by atoms with van der Waals surface area (Å²) in [7, 11) is 0. The predicted molar refractivity (Wildman–Crippen MR) is 82.3 cm³/mol. The SMILES string of the molecule is NC(=S)c1cccc(COCc2cccc(Cl)c2)c1. The third-order valence-electron chi connectivity index (χ3n) is 2.64. The summed E-state index contributed by atoms with van der Waals surface area (Å²) in [6.45, 7) is 1.04. The van der Waals surface area contributed by atoms with Gasteiger partial charge in [-0.15, -0.1) is 0 Å². The molecule has 0 heterocycles. The number of ether oxygens (including phenoxy) is 1. The van der Waals surface area contributed by atoms with E-state index in [1.807, 2.05) is 48.5 Å². The van der Waals surface area contributed by atoms with E-state index < -0.39 is 0 Å². The molecular weight excluding hydrogens is 278 g/mol. The average Bonchev–Trinajstić information content (AvgIpc) is 2.39. The fraction of sp³-hybridized carbons (Fsp3) is 0.133. The average molecular weight is 292 g/mol. The molecule has 0 aromatic heterocycles. The molecule has 0 unspecified atom stereocenters. The number of nitrogens with two attached hydrogens (primary N) is 1. The largest absolute Gasteiger partial charge is 0.389 e. The standard InChI is InChI=1S/C15H14ClNOS/c16-14-6-2-4-12(8-14)10-18-9-11-3-1-5-13(7-11)15(17)19/h1-8H,9-10H2,(H2,17,19). The van der Waals surface area contributed by atoms with Crippen molar-refractivity contribution in [3.63, 3.8) is 0 Å². The third kappa shape index (κ3) is 4.31. The first-order valence-corrected chi connectivity index (χ1v) is 6.65. The summed E-state index contributed by atoms with van der Waals surface area (Å²) in [5.74, 6) is 0. The summed E-state index contributed by atoms with van der Waals surface area (Å²) in [6, 6.07) is 15.4. The van der Waals surface area contributed by atoms with Gasteiger partial charge in [-0.3, -0.25) is 0 Å². The van der Waals surface area contributed by atoms with E-state index in [1.54, 1.807) is 0 Å². The molecule has 0 spiro atoms. The van der Waals surface area contributed by atoms with Crippen molar-refractivity contribution in [1.29, 1.82) is 0 Å². The quantitative estimate of drug-likeness (QED) is 0.853. The Hall–Kier alpha value is -1.42. The van der Waals surface area contributed by atoms with Gasteiger partial charge >= 0.3 is 0 Å². The Labute approximate surface area is 123 Å². The fourth-order valence-electron chi connectivity index (χ4n) is 1.73. The molecule has 0 bridgehead atoms. The molecule has 2 aromatic rings. The highest BCUT2D eigenvalue weighted by Gasteiger charge is 2.00. The second kappa shape index (κ2) is 6.66. The molecular formula is C15H14ClNOS. The maximum absolute atomic E-state index is 5.91. The predicted octanol–water partition coefficient (Wildman–Crippen LogP) is 3.69. The van der Waals surface area contributed by atoms with E-state index >= 15 is 0 Å². The highest BCUT2D eigenvalue weighted by molar-refractivity contribution is 7.80. The van der Waals surface area contributed by atoms with E-state index in [0.717, 1.165) is 21.7 Å². The summed E-state index contributed by atoms with van der Waals surface area (Å²) in [5.41, 5.74) is 8.56. The van der Waals surface area contributed by atoms with Crippen molar-refractivity contribution >= 4 is 28.8 Å². The number of halogens is 1. The molecule has 4 heteroatoms. The van der Waals surface area contributed by atoms with Crippen molar-refractivity contribution < 1.29 is 4.74 Å². The Kier molecular flexibility index (Phi) is 4.91. The van der Waals surface area contributed by atoms with Gasteiger partial charge in [-0.2, -0.15) is 0 Å². The topological polar surface area (TPSA) is 35.2 Å². The van der Waals surface area contributed by atoms with E-state index in [9.17, 15) is 0 Å². The number of rotatable bonds is 5. The third-order valence-corrected chi connectivity index (χ3v) is 3.11. The highest BCUT2D eigenvalue weighted by Crippen LogP contribution is 2.13. The summed E-state index contributed by atoms with van der Waals surface area (Å²) in [6.07, 6.45) is 0. The monoisotopic (exact) mass is 291 g/mol. The lowest BCUT2D eigenvalue weighted by Crippen LogP contribution is -2.09. The Balaban J connectivity index is 1.92. The van der Waals surface area contributed by atoms with Gasteiger partial charge in [0.25, 0.3) is 0 Å². The Bertz CT molecular complexity index is 586. The van der Waals surface area contributed by atoms with Crippen molar-refractivity contribution in [2.75, 3.05) is 0 Å². The number of thiocarbonyl (C=S) groups is 1. The normalized spacial score (nSPS) is 10.4. The van der Waals surface area contributed by atoms with E-state index in [-0.39, 0.29) is 0 Å². The van der Waals surface area contributed by atoms with Crippen molar-refractivity contribution in [3.8, 4) is 0 Å².